The van der Waals surface area contributed by atoms with Gasteiger partial charge in [-0.15, -0.1) is 0 Å². The van der Waals surface area contributed by atoms with Gasteiger partial charge in [-0.25, -0.2) is 5.43 Å². The molecule has 0 aliphatic rings. The SMILES string of the molecule is CC.CC(C)=NNC(=O)c1c(C)c2ccccc2n1C. The Hall–Kier alpha value is -2.10. The van der Waals surface area contributed by atoms with Crippen LogP contribution in [0.5, 0.6) is 0 Å². The summed E-state index contributed by atoms with van der Waals surface area (Å²) in [5.41, 5.74) is 6.08. The second-order valence-corrected chi connectivity index (χ2v) is 4.55. The van der Waals surface area contributed by atoms with Crippen molar-refractivity contribution in [1.82, 2.24) is 9.99 Å². The number of fused-ring (bicyclic) bond motifs is 1. The first-order valence-corrected chi connectivity index (χ1v) is 6.87. The third-order valence-corrected chi connectivity index (χ3v) is 2.96. The van der Waals surface area contributed by atoms with Crippen LogP contribution in [-0.4, -0.2) is 16.2 Å². The highest BCUT2D eigenvalue weighted by Crippen LogP contribution is 2.24. The summed E-state index contributed by atoms with van der Waals surface area (Å²) in [6, 6.07) is 7.98. The summed E-state index contributed by atoms with van der Waals surface area (Å²) in [4.78, 5) is 12.1. The molecule has 0 saturated heterocycles. The van der Waals surface area contributed by atoms with Crippen LogP contribution >= 0.6 is 0 Å². The van der Waals surface area contributed by atoms with Crippen LogP contribution in [0.4, 0.5) is 0 Å². The second kappa shape index (κ2) is 6.89. The lowest BCUT2D eigenvalue weighted by atomic mass is 10.1. The minimum absolute atomic E-state index is 0.174. The first-order valence-electron chi connectivity index (χ1n) is 6.87. The molecule has 0 aliphatic heterocycles. The highest BCUT2D eigenvalue weighted by Gasteiger charge is 2.17. The third-order valence-electron chi connectivity index (χ3n) is 2.96. The van der Waals surface area contributed by atoms with Crippen molar-refractivity contribution in [3.05, 3.63) is 35.5 Å². The Labute approximate surface area is 120 Å². The summed E-state index contributed by atoms with van der Waals surface area (Å²) >= 11 is 0. The fourth-order valence-corrected chi connectivity index (χ4v) is 2.12. The van der Waals surface area contributed by atoms with E-state index in [1.165, 1.54) is 0 Å². The molecule has 1 N–H and O–H groups in total. The number of para-hydroxylation sites is 1. The number of hydrogen-bond acceptors (Lipinski definition) is 2. The lowest BCUT2D eigenvalue weighted by molar-refractivity contribution is 0.0946. The van der Waals surface area contributed by atoms with Gasteiger partial charge in [0.15, 0.2) is 0 Å². The predicted octanol–water partition coefficient (Wildman–Crippen LogP) is 3.64. The molecule has 0 fully saturated rings. The average molecular weight is 273 g/mol. The number of benzene rings is 1. The van der Waals surface area contributed by atoms with Gasteiger partial charge in [-0.05, 0) is 32.4 Å². The quantitative estimate of drug-likeness (QED) is 0.659. The van der Waals surface area contributed by atoms with Gasteiger partial charge in [-0.2, -0.15) is 5.10 Å². The zero-order valence-electron chi connectivity index (χ0n) is 13.1. The summed E-state index contributed by atoms with van der Waals surface area (Å²) in [7, 11) is 1.90. The van der Waals surface area contributed by atoms with Crippen LogP contribution < -0.4 is 5.43 Å². The van der Waals surface area contributed by atoms with E-state index in [0.717, 1.165) is 22.2 Å². The number of amides is 1. The Kier molecular flexibility index (Phi) is 5.50. The maximum Gasteiger partial charge on any atom is 0.288 e. The maximum atomic E-state index is 12.1. The summed E-state index contributed by atoms with van der Waals surface area (Å²) < 4.78 is 1.90. The summed E-state index contributed by atoms with van der Waals surface area (Å²) in [5, 5.41) is 5.06. The molecule has 2 rings (SSSR count). The molecule has 4 nitrogen and oxygen atoms in total. The zero-order valence-corrected chi connectivity index (χ0v) is 13.1. The molecule has 0 unspecified atom stereocenters. The Bertz CT molecular complexity index is 595. The number of rotatable bonds is 2. The molecule has 1 aromatic heterocycles. The smallest absolute Gasteiger partial charge is 0.288 e. The minimum atomic E-state index is -0.174. The Morgan fingerprint density at radius 3 is 2.35 bits per heavy atom. The molecule has 20 heavy (non-hydrogen) atoms. The number of carbonyl (C=O) groups is 1. The molecular weight excluding hydrogens is 250 g/mol. The molecule has 0 atom stereocenters. The van der Waals surface area contributed by atoms with Crippen LogP contribution in [0.1, 0.15) is 43.7 Å². The van der Waals surface area contributed by atoms with Gasteiger partial charge in [0.2, 0.25) is 0 Å². The lowest BCUT2D eigenvalue weighted by Gasteiger charge is -2.04. The standard InChI is InChI=1S/C14H17N3O.C2H6/c1-9(2)15-16-14(18)13-10(3)11-7-5-6-8-12(11)17(13)4;1-2/h5-8H,1-4H3,(H,16,18);1-2H3. The van der Waals surface area contributed by atoms with E-state index in [1.807, 2.05) is 70.5 Å². The van der Waals surface area contributed by atoms with Gasteiger partial charge in [0, 0.05) is 23.7 Å². The monoisotopic (exact) mass is 273 g/mol. The topological polar surface area (TPSA) is 46.4 Å². The molecule has 0 saturated carbocycles. The van der Waals surface area contributed by atoms with Crippen molar-refractivity contribution < 1.29 is 4.79 Å². The second-order valence-electron chi connectivity index (χ2n) is 4.55. The molecule has 1 amide bonds. The van der Waals surface area contributed by atoms with E-state index >= 15 is 0 Å². The lowest BCUT2D eigenvalue weighted by Crippen LogP contribution is -2.22. The molecule has 0 spiro atoms. The van der Waals surface area contributed by atoms with Crippen LogP contribution in [0.3, 0.4) is 0 Å². The number of hydrogen-bond donors (Lipinski definition) is 1. The Morgan fingerprint density at radius 2 is 1.80 bits per heavy atom. The fourth-order valence-electron chi connectivity index (χ4n) is 2.12. The molecule has 1 heterocycles. The highest BCUT2D eigenvalue weighted by atomic mass is 16.2. The van der Waals surface area contributed by atoms with Gasteiger partial charge in [0.05, 0.1) is 0 Å². The van der Waals surface area contributed by atoms with Crippen molar-refractivity contribution in [1.29, 1.82) is 0 Å². The maximum absolute atomic E-state index is 12.1. The summed E-state index contributed by atoms with van der Waals surface area (Å²) in [5.74, 6) is -0.174. The first-order chi connectivity index (χ1) is 9.52. The molecule has 4 heteroatoms. The Morgan fingerprint density at radius 1 is 1.20 bits per heavy atom. The van der Waals surface area contributed by atoms with Crippen LogP contribution in [0, 0.1) is 6.92 Å². The van der Waals surface area contributed by atoms with E-state index in [4.69, 9.17) is 0 Å². The van der Waals surface area contributed by atoms with E-state index in [2.05, 4.69) is 10.5 Å². The largest absolute Gasteiger partial charge is 0.339 e. The van der Waals surface area contributed by atoms with Gasteiger partial charge < -0.3 is 4.57 Å². The predicted molar refractivity (Wildman–Crippen MR) is 85.3 cm³/mol. The number of nitrogens with zero attached hydrogens (tertiary/aromatic N) is 2. The van der Waals surface area contributed by atoms with Crippen molar-refractivity contribution >= 4 is 22.5 Å². The van der Waals surface area contributed by atoms with Crippen LogP contribution in [-0.2, 0) is 7.05 Å². The van der Waals surface area contributed by atoms with E-state index < -0.39 is 0 Å². The molecule has 108 valence electrons. The molecule has 2 aromatic rings. The van der Waals surface area contributed by atoms with E-state index in [0.29, 0.717) is 5.69 Å². The van der Waals surface area contributed by atoms with E-state index in [9.17, 15) is 4.79 Å². The number of nitrogens with one attached hydrogen (secondary N) is 1. The van der Waals surface area contributed by atoms with Gasteiger partial charge in [-0.1, -0.05) is 32.0 Å². The van der Waals surface area contributed by atoms with Crippen molar-refractivity contribution in [2.45, 2.75) is 34.6 Å². The number of carbonyl (C=O) groups excluding carboxylic acids is 1. The van der Waals surface area contributed by atoms with Crippen molar-refractivity contribution in [2.24, 2.45) is 12.1 Å². The van der Waals surface area contributed by atoms with E-state index in [1.54, 1.807) is 0 Å². The van der Waals surface area contributed by atoms with E-state index in [-0.39, 0.29) is 5.91 Å². The number of hydrazone groups is 1. The molecular formula is C16H23N3O. The fraction of sp³-hybridized carbons (Fsp3) is 0.375. The molecule has 1 aromatic carbocycles. The third kappa shape index (κ3) is 3.07. The summed E-state index contributed by atoms with van der Waals surface area (Å²) in [6.45, 7) is 9.64. The first kappa shape index (κ1) is 16.0. The van der Waals surface area contributed by atoms with Gasteiger partial charge in [0.25, 0.3) is 5.91 Å². The molecule has 0 bridgehead atoms. The summed E-state index contributed by atoms with van der Waals surface area (Å²) in [6.07, 6.45) is 0. The normalized spacial score (nSPS) is 9.70. The van der Waals surface area contributed by atoms with Crippen LogP contribution in [0.15, 0.2) is 29.4 Å². The van der Waals surface area contributed by atoms with Gasteiger partial charge in [-0.3, -0.25) is 4.79 Å². The van der Waals surface area contributed by atoms with Crippen molar-refractivity contribution in [3.8, 4) is 0 Å². The van der Waals surface area contributed by atoms with Gasteiger partial charge >= 0.3 is 0 Å². The van der Waals surface area contributed by atoms with Crippen LogP contribution in [0.2, 0.25) is 0 Å². The number of aromatic nitrogens is 1. The van der Waals surface area contributed by atoms with Gasteiger partial charge in [0.1, 0.15) is 5.69 Å². The van der Waals surface area contributed by atoms with Crippen LogP contribution in [0.25, 0.3) is 10.9 Å². The minimum Gasteiger partial charge on any atom is -0.339 e. The highest BCUT2D eigenvalue weighted by molar-refractivity contribution is 6.01. The average Bonchev–Trinajstić information content (AvgIpc) is 2.71. The zero-order chi connectivity index (χ0) is 15.3. The van der Waals surface area contributed by atoms with Crippen molar-refractivity contribution in [3.63, 3.8) is 0 Å². The molecule has 0 radical (unpaired) electrons. The Balaban J connectivity index is 0.000000956. The van der Waals surface area contributed by atoms with Crippen molar-refractivity contribution in [2.75, 3.05) is 0 Å². The number of aryl methyl sites for hydroxylation is 2. The molecule has 0 aliphatic carbocycles.